The van der Waals surface area contributed by atoms with Gasteiger partial charge in [0.2, 0.25) is 0 Å². The number of aliphatic hydroxyl groups excluding tert-OH is 1. The zero-order valence-electron chi connectivity index (χ0n) is 14.3. The van der Waals surface area contributed by atoms with Crippen LogP contribution in [0.15, 0.2) is 54.6 Å². The SMILES string of the molecule is N#Cc1ccc(OC[C@@H](O)CN2CCC(c3ccccc3)CC2)cc1. The second-order valence-electron chi connectivity index (χ2n) is 6.59. The number of aliphatic hydroxyl groups is 1. The summed E-state index contributed by atoms with van der Waals surface area (Å²) in [6.07, 6.45) is 1.75. The zero-order valence-corrected chi connectivity index (χ0v) is 14.3. The molecule has 0 bridgehead atoms. The molecule has 1 atom stereocenters. The summed E-state index contributed by atoms with van der Waals surface area (Å²) in [5.41, 5.74) is 2.03. The summed E-state index contributed by atoms with van der Waals surface area (Å²) in [4.78, 5) is 2.31. The highest BCUT2D eigenvalue weighted by atomic mass is 16.5. The molecule has 2 aromatic carbocycles. The van der Waals surface area contributed by atoms with Gasteiger partial charge in [-0.05, 0) is 61.7 Å². The van der Waals surface area contributed by atoms with E-state index in [1.165, 1.54) is 5.56 Å². The monoisotopic (exact) mass is 336 g/mol. The molecule has 25 heavy (non-hydrogen) atoms. The fourth-order valence-electron chi connectivity index (χ4n) is 3.34. The van der Waals surface area contributed by atoms with Crippen LogP contribution in [-0.4, -0.2) is 42.4 Å². The van der Waals surface area contributed by atoms with Crippen LogP contribution in [0.2, 0.25) is 0 Å². The van der Waals surface area contributed by atoms with Crippen molar-refractivity contribution in [2.45, 2.75) is 24.9 Å². The Balaban J connectivity index is 1.40. The van der Waals surface area contributed by atoms with Gasteiger partial charge in [0.1, 0.15) is 18.5 Å². The minimum absolute atomic E-state index is 0.268. The third kappa shape index (κ3) is 5.06. The standard InChI is InChI=1S/C21H24N2O2/c22-14-17-6-8-21(9-7-17)25-16-20(24)15-23-12-10-19(11-13-23)18-4-2-1-3-5-18/h1-9,19-20,24H,10-13,15-16H2/t20-/m0/s1. The van der Waals surface area contributed by atoms with Crippen molar-refractivity contribution in [2.24, 2.45) is 0 Å². The number of nitrogens with zero attached hydrogens (tertiary/aromatic N) is 2. The van der Waals surface area contributed by atoms with Gasteiger partial charge in [-0.1, -0.05) is 30.3 Å². The van der Waals surface area contributed by atoms with Crippen LogP contribution in [-0.2, 0) is 0 Å². The van der Waals surface area contributed by atoms with Gasteiger partial charge in [-0.25, -0.2) is 0 Å². The Morgan fingerprint density at radius 3 is 2.40 bits per heavy atom. The Hall–Kier alpha value is -2.35. The predicted molar refractivity (Wildman–Crippen MR) is 97.5 cm³/mol. The molecule has 1 heterocycles. The third-order valence-electron chi connectivity index (χ3n) is 4.75. The van der Waals surface area contributed by atoms with Gasteiger partial charge in [0.15, 0.2) is 0 Å². The van der Waals surface area contributed by atoms with Crippen LogP contribution in [0.5, 0.6) is 5.75 Å². The van der Waals surface area contributed by atoms with Gasteiger partial charge in [-0.15, -0.1) is 0 Å². The largest absolute Gasteiger partial charge is 0.491 e. The first-order chi connectivity index (χ1) is 12.2. The fourth-order valence-corrected chi connectivity index (χ4v) is 3.34. The van der Waals surface area contributed by atoms with E-state index in [9.17, 15) is 5.11 Å². The van der Waals surface area contributed by atoms with Crippen molar-refractivity contribution in [3.8, 4) is 11.8 Å². The van der Waals surface area contributed by atoms with Gasteiger partial charge in [-0.2, -0.15) is 5.26 Å². The van der Waals surface area contributed by atoms with E-state index in [2.05, 4.69) is 41.3 Å². The summed E-state index contributed by atoms with van der Waals surface area (Å²) in [6.45, 7) is 2.92. The maximum Gasteiger partial charge on any atom is 0.119 e. The molecule has 0 aliphatic carbocycles. The van der Waals surface area contributed by atoms with Crippen LogP contribution in [0, 0.1) is 11.3 Å². The Kier molecular flexibility index (Phi) is 6.05. The van der Waals surface area contributed by atoms with Crippen LogP contribution >= 0.6 is 0 Å². The third-order valence-corrected chi connectivity index (χ3v) is 4.75. The molecule has 0 unspecified atom stereocenters. The maximum absolute atomic E-state index is 10.2. The topological polar surface area (TPSA) is 56.5 Å². The molecule has 130 valence electrons. The maximum atomic E-state index is 10.2. The molecule has 1 aliphatic rings. The first kappa shape index (κ1) is 17.5. The van der Waals surface area contributed by atoms with Crippen molar-refractivity contribution in [2.75, 3.05) is 26.2 Å². The first-order valence-corrected chi connectivity index (χ1v) is 8.83. The summed E-state index contributed by atoms with van der Waals surface area (Å²) < 4.78 is 5.61. The molecule has 4 nitrogen and oxygen atoms in total. The van der Waals surface area contributed by atoms with Gasteiger partial charge in [-0.3, -0.25) is 0 Å². The number of piperidine rings is 1. The summed E-state index contributed by atoms with van der Waals surface area (Å²) in [7, 11) is 0. The number of hydrogen-bond acceptors (Lipinski definition) is 4. The highest BCUT2D eigenvalue weighted by Crippen LogP contribution is 2.27. The van der Waals surface area contributed by atoms with Crippen molar-refractivity contribution in [1.82, 2.24) is 4.90 Å². The lowest BCUT2D eigenvalue weighted by atomic mass is 9.89. The number of ether oxygens (including phenoxy) is 1. The molecular weight excluding hydrogens is 312 g/mol. The van der Waals surface area contributed by atoms with Gasteiger partial charge >= 0.3 is 0 Å². The van der Waals surface area contributed by atoms with E-state index in [-0.39, 0.29) is 6.61 Å². The van der Waals surface area contributed by atoms with E-state index in [1.54, 1.807) is 24.3 Å². The van der Waals surface area contributed by atoms with Crippen molar-refractivity contribution < 1.29 is 9.84 Å². The van der Waals surface area contributed by atoms with E-state index in [0.29, 0.717) is 23.8 Å². The second kappa shape index (κ2) is 8.66. The van der Waals surface area contributed by atoms with Crippen LogP contribution in [0.1, 0.15) is 29.9 Å². The summed E-state index contributed by atoms with van der Waals surface area (Å²) in [5, 5.41) is 19.0. The molecule has 1 fully saturated rings. The van der Waals surface area contributed by atoms with Crippen molar-refractivity contribution >= 4 is 0 Å². The van der Waals surface area contributed by atoms with Crippen LogP contribution in [0.25, 0.3) is 0 Å². The highest BCUT2D eigenvalue weighted by molar-refractivity contribution is 5.34. The van der Waals surface area contributed by atoms with Crippen molar-refractivity contribution in [1.29, 1.82) is 5.26 Å². The lowest BCUT2D eigenvalue weighted by Gasteiger charge is -2.33. The van der Waals surface area contributed by atoms with Crippen LogP contribution in [0.3, 0.4) is 0 Å². The van der Waals surface area contributed by atoms with Crippen LogP contribution < -0.4 is 4.74 Å². The molecule has 1 saturated heterocycles. The normalized spacial score (nSPS) is 17.0. The molecule has 1 aliphatic heterocycles. The van der Waals surface area contributed by atoms with Gasteiger partial charge in [0.25, 0.3) is 0 Å². The smallest absolute Gasteiger partial charge is 0.119 e. The number of hydrogen-bond donors (Lipinski definition) is 1. The zero-order chi connectivity index (χ0) is 17.5. The molecule has 3 rings (SSSR count). The number of β-amino-alcohol motifs (C(OH)–C–C–N with tert-alkyl or cyclic N) is 1. The predicted octanol–water partition coefficient (Wildman–Crippen LogP) is 3.18. The average Bonchev–Trinajstić information content (AvgIpc) is 2.68. The molecule has 4 heteroatoms. The first-order valence-electron chi connectivity index (χ1n) is 8.83. The second-order valence-corrected chi connectivity index (χ2v) is 6.59. The van der Waals surface area contributed by atoms with E-state index < -0.39 is 6.10 Å². The molecule has 0 aromatic heterocycles. The fraction of sp³-hybridized carbons (Fsp3) is 0.381. The van der Waals surface area contributed by atoms with Gasteiger partial charge in [0, 0.05) is 6.54 Å². The molecule has 0 saturated carbocycles. The van der Waals surface area contributed by atoms with E-state index in [0.717, 1.165) is 25.9 Å². The quantitative estimate of drug-likeness (QED) is 0.880. The van der Waals surface area contributed by atoms with Crippen molar-refractivity contribution in [3.05, 3.63) is 65.7 Å². The number of rotatable bonds is 6. The Labute approximate surface area is 149 Å². The number of nitriles is 1. The summed E-state index contributed by atoms with van der Waals surface area (Å²) in [5.74, 6) is 1.31. The van der Waals surface area contributed by atoms with Crippen molar-refractivity contribution in [3.63, 3.8) is 0 Å². The molecule has 0 amide bonds. The molecule has 2 aromatic rings. The van der Waals surface area contributed by atoms with Gasteiger partial charge in [0.05, 0.1) is 11.6 Å². The number of benzene rings is 2. The highest BCUT2D eigenvalue weighted by Gasteiger charge is 2.22. The summed E-state index contributed by atoms with van der Waals surface area (Å²) in [6, 6.07) is 19.7. The minimum Gasteiger partial charge on any atom is -0.491 e. The van der Waals surface area contributed by atoms with Gasteiger partial charge < -0.3 is 14.7 Å². The lowest BCUT2D eigenvalue weighted by Crippen LogP contribution is -2.40. The summed E-state index contributed by atoms with van der Waals surface area (Å²) >= 11 is 0. The van der Waals surface area contributed by atoms with Crippen LogP contribution in [0.4, 0.5) is 0 Å². The molecular formula is C21H24N2O2. The van der Waals surface area contributed by atoms with E-state index in [1.807, 2.05) is 0 Å². The Morgan fingerprint density at radius 2 is 1.76 bits per heavy atom. The molecule has 0 spiro atoms. The lowest BCUT2D eigenvalue weighted by molar-refractivity contribution is 0.0594. The Morgan fingerprint density at radius 1 is 1.08 bits per heavy atom. The van der Waals surface area contributed by atoms with E-state index >= 15 is 0 Å². The molecule has 0 radical (unpaired) electrons. The molecule has 1 N–H and O–H groups in total. The van der Waals surface area contributed by atoms with E-state index in [4.69, 9.17) is 10.00 Å². The minimum atomic E-state index is -0.510. The average molecular weight is 336 g/mol. The Bertz CT molecular complexity index is 686. The number of likely N-dealkylation sites (tertiary alicyclic amines) is 1.